The lowest BCUT2D eigenvalue weighted by atomic mass is 10.1. The average Bonchev–Trinajstić information content (AvgIpc) is 3.54. The molecule has 8 nitrogen and oxygen atoms in total. The summed E-state index contributed by atoms with van der Waals surface area (Å²) < 4.78 is 2.10. The third-order valence-corrected chi connectivity index (χ3v) is 7.23. The van der Waals surface area contributed by atoms with Crippen molar-refractivity contribution in [2.45, 2.75) is 77.2 Å². The van der Waals surface area contributed by atoms with Crippen molar-refractivity contribution < 1.29 is 4.79 Å². The largest absolute Gasteiger partial charge is 0.341 e. The van der Waals surface area contributed by atoms with Gasteiger partial charge in [-0.1, -0.05) is 13.8 Å². The van der Waals surface area contributed by atoms with Gasteiger partial charge < -0.3 is 19.7 Å². The first-order valence-electron chi connectivity index (χ1n) is 12.3. The summed E-state index contributed by atoms with van der Waals surface area (Å²) in [5.74, 6) is 3.00. The van der Waals surface area contributed by atoms with E-state index < -0.39 is 0 Å². The van der Waals surface area contributed by atoms with Crippen LogP contribution in [0.2, 0.25) is 0 Å². The lowest BCUT2D eigenvalue weighted by Gasteiger charge is -2.32. The zero-order valence-corrected chi connectivity index (χ0v) is 19.6. The summed E-state index contributed by atoms with van der Waals surface area (Å²) in [5.41, 5.74) is 3.50. The predicted molar refractivity (Wildman–Crippen MR) is 125 cm³/mol. The highest BCUT2D eigenvalue weighted by Gasteiger charge is 2.36. The molecule has 5 rings (SSSR count). The van der Waals surface area contributed by atoms with Crippen LogP contribution in [0.1, 0.15) is 75.2 Å². The Morgan fingerprint density at radius 3 is 2.62 bits per heavy atom. The number of amides is 1. The molecule has 2 aliphatic heterocycles. The summed E-state index contributed by atoms with van der Waals surface area (Å²) in [6, 6.07) is -0.138. The van der Waals surface area contributed by atoms with E-state index in [1.54, 1.807) is 0 Å². The number of likely N-dealkylation sites (tertiary alicyclic amines) is 1. The first-order valence-corrected chi connectivity index (χ1v) is 12.3. The van der Waals surface area contributed by atoms with E-state index in [0.717, 1.165) is 82.0 Å². The minimum atomic E-state index is -0.138. The zero-order chi connectivity index (χ0) is 22.2. The van der Waals surface area contributed by atoms with E-state index >= 15 is 0 Å². The van der Waals surface area contributed by atoms with Crippen molar-refractivity contribution in [3.8, 4) is 0 Å². The fourth-order valence-corrected chi connectivity index (χ4v) is 5.42. The molecular weight excluding hydrogens is 402 g/mol. The number of aryl methyl sites for hydroxylation is 1. The van der Waals surface area contributed by atoms with Crippen molar-refractivity contribution in [1.82, 2.24) is 24.4 Å². The second-order valence-electron chi connectivity index (χ2n) is 9.73. The Kier molecular flexibility index (Phi) is 5.78. The molecule has 0 radical (unpaired) electrons. The number of fused-ring (bicyclic) bond motifs is 1. The maximum absolute atomic E-state index is 13.3. The van der Waals surface area contributed by atoms with Gasteiger partial charge in [-0.3, -0.25) is 4.79 Å². The van der Waals surface area contributed by atoms with E-state index in [1.165, 1.54) is 17.7 Å². The summed E-state index contributed by atoms with van der Waals surface area (Å²) in [7, 11) is 2.04. The number of nitrogens with zero attached hydrogens (tertiary/aromatic N) is 6. The highest BCUT2D eigenvalue weighted by Crippen LogP contribution is 2.33. The SMILES string of the molecule is CC(C)c1cnc(Nc2nc(N3CCC[C@H]3C(=O)N3CCCCC3)nc3c2CCC3)n1C. The van der Waals surface area contributed by atoms with Crippen LogP contribution >= 0.6 is 0 Å². The van der Waals surface area contributed by atoms with Crippen LogP contribution in [0.3, 0.4) is 0 Å². The van der Waals surface area contributed by atoms with Crippen LogP contribution in [0, 0.1) is 0 Å². The van der Waals surface area contributed by atoms with E-state index in [2.05, 4.69) is 38.5 Å². The molecule has 2 fully saturated rings. The van der Waals surface area contributed by atoms with Gasteiger partial charge in [-0.15, -0.1) is 0 Å². The molecule has 1 atom stereocenters. The molecule has 8 heteroatoms. The van der Waals surface area contributed by atoms with Crippen molar-refractivity contribution >= 4 is 23.6 Å². The first-order chi connectivity index (χ1) is 15.5. The average molecular weight is 438 g/mol. The second kappa shape index (κ2) is 8.71. The highest BCUT2D eigenvalue weighted by molar-refractivity contribution is 5.85. The highest BCUT2D eigenvalue weighted by atomic mass is 16.2. The maximum atomic E-state index is 13.3. The number of rotatable bonds is 5. The topological polar surface area (TPSA) is 79.2 Å². The molecular formula is C24H35N7O. The molecule has 0 spiro atoms. The minimum Gasteiger partial charge on any atom is -0.341 e. The molecule has 32 heavy (non-hydrogen) atoms. The summed E-state index contributed by atoms with van der Waals surface area (Å²) in [6.07, 6.45) is 10.3. The first kappa shape index (κ1) is 21.2. The lowest BCUT2D eigenvalue weighted by molar-refractivity contribution is -0.133. The van der Waals surface area contributed by atoms with E-state index in [0.29, 0.717) is 11.9 Å². The van der Waals surface area contributed by atoms with Crippen LogP contribution in [-0.2, 0) is 24.7 Å². The van der Waals surface area contributed by atoms with Crippen molar-refractivity contribution in [3.05, 3.63) is 23.1 Å². The maximum Gasteiger partial charge on any atom is 0.245 e. The van der Waals surface area contributed by atoms with Crippen LogP contribution in [0.25, 0.3) is 0 Å². The molecule has 172 valence electrons. The van der Waals surface area contributed by atoms with E-state index in [1.807, 2.05) is 13.2 Å². The van der Waals surface area contributed by atoms with Crippen LogP contribution in [0.15, 0.2) is 6.20 Å². The summed E-state index contributed by atoms with van der Waals surface area (Å²) in [6.45, 7) is 6.96. The summed E-state index contributed by atoms with van der Waals surface area (Å²) >= 11 is 0. The van der Waals surface area contributed by atoms with Gasteiger partial charge >= 0.3 is 0 Å². The molecule has 2 saturated heterocycles. The van der Waals surface area contributed by atoms with Crippen molar-refractivity contribution in [2.24, 2.45) is 7.05 Å². The normalized spacial score (nSPS) is 20.8. The predicted octanol–water partition coefficient (Wildman–Crippen LogP) is 3.55. The van der Waals surface area contributed by atoms with E-state index in [4.69, 9.17) is 9.97 Å². The van der Waals surface area contributed by atoms with Crippen molar-refractivity contribution in [3.63, 3.8) is 0 Å². The van der Waals surface area contributed by atoms with Gasteiger partial charge in [-0.2, -0.15) is 4.98 Å². The number of carbonyl (C=O) groups excluding carboxylic acids is 1. The second-order valence-corrected chi connectivity index (χ2v) is 9.73. The fraction of sp³-hybridized carbons (Fsp3) is 0.667. The van der Waals surface area contributed by atoms with Crippen LogP contribution in [0.4, 0.5) is 17.7 Å². The number of nitrogens with one attached hydrogen (secondary N) is 1. The number of piperidine rings is 1. The van der Waals surface area contributed by atoms with Gasteiger partial charge in [0.15, 0.2) is 0 Å². The monoisotopic (exact) mass is 437 g/mol. The minimum absolute atomic E-state index is 0.138. The van der Waals surface area contributed by atoms with Gasteiger partial charge in [0, 0.05) is 37.9 Å². The number of aromatic nitrogens is 4. The molecule has 1 amide bonds. The molecule has 0 saturated carbocycles. The number of anilines is 3. The van der Waals surface area contributed by atoms with Gasteiger partial charge in [-0.05, 0) is 57.3 Å². The molecule has 2 aromatic heterocycles. The molecule has 0 bridgehead atoms. The quantitative estimate of drug-likeness (QED) is 0.771. The molecule has 0 aromatic carbocycles. The van der Waals surface area contributed by atoms with Crippen LogP contribution in [-0.4, -0.2) is 56.0 Å². The van der Waals surface area contributed by atoms with Crippen molar-refractivity contribution in [2.75, 3.05) is 29.9 Å². The van der Waals surface area contributed by atoms with Gasteiger partial charge in [0.05, 0.1) is 11.9 Å². The third-order valence-electron chi connectivity index (χ3n) is 7.23. The Balaban J connectivity index is 1.44. The molecule has 1 aliphatic carbocycles. The summed E-state index contributed by atoms with van der Waals surface area (Å²) in [5, 5.41) is 3.50. The van der Waals surface area contributed by atoms with Gasteiger partial charge in [0.25, 0.3) is 0 Å². The molecule has 1 N–H and O–H groups in total. The number of hydrogen-bond acceptors (Lipinski definition) is 6. The Bertz CT molecular complexity index is 992. The van der Waals surface area contributed by atoms with Gasteiger partial charge in [0.1, 0.15) is 11.9 Å². The Morgan fingerprint density at radius 2 is 1.88 bits per heavy atom. The zero-order valence-electron chi connectivity index (χ0n) is 19.6. The summed E-state index contributed by atoms with van der Waals surface area (Å²) in [4.78, 5) is 32.0. The number of hydrogen-bond donors (Lipinski definition) is 1. The lowest BCUT2D eigenvalue weighted by Crippen LogP contribution is -2.48. The standard InChI is InChI=1S/C24H35N7O/c1-16(2)20-15-25-23(29(20)3)27-21-17-9-7-10-18(17)26-24(28-21)31-14-8-11-19(31)22(32)30-12-5-4-6-13-30/h15-16,19H,4-14H2,1-3H3,(H,25,26,27,28)/t19-/m0/s1. The van der Waals surface area contributed by atoms with Crippen LogP contribution in [0.5, 0.6) is 0 Å². The molecule has 0 unspecified atom stereocenters. The Morgan fingerprint density at radius 1 is 1.06 bits per heavy atom. The third kappa shape index (κ3) is 3.84. The van der Waals surface area contributed by atoms with Crippen molar-refractivity contribution in [1.29, 1.82) is 0 Å². The van der Waals surface area contributed by atoms with E-state index in [9.17, 15) is 4.79 Å². The number of imidazole rings is 1. The van der Waals surface area contributed by atoms with Crippen LogP contribution < -0.4 is 10.2 Å². The number of carbonyl (C=O) groups is 1. The van der Waals surface area contributed by atoms with E-state index in [-0.39, 0.29) is 11.9 Å². The fourth-order valence-electron chi connectivity index (χ4n) is 5.42. The van der Waals surface area contributed by atoms with Gasteiger partial charge in [-0.25, -0.2) is 9.97 Å². The molecule has 3 aliphatic rings. The smallest absolute Gasteiger partial charge is 0.245 e. The van der Waals surface area contributed by atoms with Gasteiger partial charge in [0.2, 0.25) is 17.8 Å². The molecule has 2 aromatic rings. The Hall–Kier alpha value is -2.64. The Labute approximate surface area is 190 Å². The molecule has 4 heterocycles.